The van der Waals surface area contributed by atoms with Crippen LogP contribution in [0.25, 0.3) is 10.9 Å². The Morgan fingerprint density at radius 2 is 1.65 bits per heavy atom. The van der Waals surface area contributed by atoms with Crippen LogP contribution in [0.3, 0.4) is 0 Å². The Balaban J connectivity index is 1.84. The van der Waals surface area contributed by atoms with E-state index in [1.165, 1.54) is 44.6 Å². The average molecular weight is 279 g/mol. The van der Waals surface area contributed by atoms with Crippen molar-refractivity contribution in [3.05, 3.63) is 35.5 Å². The molecule has 2 aromatic rings. The highest BCUT2D eigenvalue weighted by molar-refractivity contribution is 5.83. The molecular weight excluding hydrogens is 256 g/mol. The van der Waals surface area contributed by atoms with Crippen LogP contribution in [0.1, 0.15) is 57.4 Å². The van der Waals surface area contributed by atoms with Gasteiger partial charge in [0.05, 0.1) is 5.52 Å². The number of rotatable bonds is 8. The Hall–Kier alpha value is -1.38. The van der Waals surface area contributed by atoms with Crippen LogP contribution in [-0.2, 0) is 6.42 Å². The lowest BCUT2D eigenvalue weighted by atomic mass is 10.0. The van der Waals surface area contributed by atoms with Gasteiger partial charge in [-0.2, -0.15) is 0 Å². The molecule has 1 aromatic heterocycles. The number of nitrogens with one attached hydrogen (secondary N) is 1. The summed E-state index contributed by atoms with van der Waals surface area (Å²) in [5.74, 6) is -1.01. The minimum atomic E-state index is -0.509. The summed E-state index contributed by atoms with van der Waals surface area (Å²) in [6.07, 6.45) is 11.4. The highest BCUT2D eigenvalue weighted by Crippen LogP contribution is 2.24. The second-order valence-electron chi connectivity index (χ2n) is 5.50. The predicted octanol–water partition coefficient (Wildman–Crippen LogP) is 5.74. The lowest BCUT2D eigenvalue weighted by Crippen LogP contribution is -1.87. The first kappa shape index (κ1) is 15.0. The summed E-state index contributed by atoms with van der Waals surface area (Å²) in [7, 11) is 0. The van der Waals surface area contributed by atoms with Gasteiger partial charge in [0.2, 0.25) is 0 Å². The van der Waals surface area contributed by atoms with Crippen LogP contribution < -0.4 is 0 Å². The van der Waals surface area contributed by atoms with Crippen LogP contribution in [0.15, 0.2) is 18.3 Å². The predicted molar refractivity (Wildman–Crippen MR) is 79.9 cm³/mol. The summed E-state index contributed by atoms with van der Waals surface area (Å²) in [6, 6.07) is 2.35. The molecule has 0 aliphatic carbocycles. The maximum Gasteiger partial charge on any atom is 0.150 e. The van der Waals surface area contributed by atoms with E-state index in [4.69, 9.17) is 0 Å². The first-order chi connectivity index (χ1) is 9.72. The Morgan fingerprint density at radius 1 is 0.950 bits per heavy atom. The standard InChI is InChI=1S/C17H23F2N/c1-2-3-4-5-6-7-8-9-13-12-20-17-15(13)10-14(18)11-16(17)19/h10-12,20H,2-9H2,1H3. The van der Waals surface area contributed by atoms with E-state index >= 15 is 0 Å². The molecule has 3 heteroatoms. The maximum absolute atomic E-state index is 13.6. The van der Waals surface area contributed by atoms with Gasteiger partial charge in [0, 0.05) is 17.6 Å². The van der Waals surface area contributed by atoms with Crippen molar-refractivity contribution in [2.75, 3.05) is 0 Å². The normalized spacial score (nSPS) is 11.3. The van der Waals surface area contributed by atoms with Gasteiger partial charge >= 0.3 is 0 Å². The lowest BCUT2D eigenvalue weighted by Gasteiger charge is -2.02. The quantitative estimate of drug-likeness (QED) is 0.593. The summed E-state index contributed by atoms with van der Waals surface area (Å²) < 4.78 is 26.8. The van der Waals surface area contributed by atoms with Crippen molar-refractivity contribution < 1.29 is 8.78 Å². The third-order valence-electron chi connectivity index (χ3n) is 3.84. The fraction of sp³-hybridized carbons (Fsp3) is 0.529. The van der Waals surface area contributed by atoms with E-state index in [0.717, 1.165) is 24.5 Å². The summed E-state index contributed by atoms with van der Waals surface area (Å²) >= 11 is 0. The minimum absolute atomic E-state index is 0.421. The van der Waals surface area contributed by atoms with Crippen LogP contribution >= 0.6 is 0 Å². The van der Waals surface area contributed by atoms with E-state index < -0.39 is 11.6 Å². The van der Waals surface area contributed by atoms with Crippen LogP contribution in [0.2, 0.25) is 0 Å². The molecule has 0 radical (unpaired) electrons. The molecule has 2 rings (SSSR count). The molecule has 0 saturated carbocycles. The molecule has 0 unspecified atom stereocenters. The van der Waals surface area contributed by atoms with Crippen molar-refractivity contribution in [2.24, 2.45) is 0 Å². The number of fused-ring (bicyclic) bond motifs is 1. The lowest BCUT2D eigenvalue weighted by molar-refractivity contribution is 0.588. The molecular formula is C17H23F2N. The number of halogens is 2. The Kier molecular flexibility index (Phi) is 5.57. The maximum atomic E-state index is 13.6. The van der Waals surface area contributed by atoms with Crippen molar-refractivity contribution in [1.82, 2.24) is 4.98 Å². The Bertz CT molecular complexity index is 545. The largest absolute Gasteiger partial charge is 0.359 e. The summed E-state index contributed by atoms with van der Waals surface area (Å²) in [4.78, 5) is 2.91. The molecule has 0 saturated heterocycles. The number of aryl methyl sites for hydroxylation is 1. The summed E-state index contributed by atoms with van der Waals surface area (Å²) in [5.41, 5.74) is 1.44. The Labute approximate surface area is 119 Å². The molecule has 0 aliphatic heterocycles. The molecule has 1 aromatic carbocycles. The second-order valence-corrected chi connectivity index (χ2v) is 5.50. The van der Waals surface area contributed by atoms with E-state index in [1.807, 2.05) is 6.20 Å². The van der Waals surface area contributed by atoms with E-state index in [2.05, 4.69) is 11.9 Å². The van der Waals surface area contributed by atoms with Crippen LogP contribution in [0.4, 0.5) is 8.78 Å². The highest BCUT2D eigenvalue weighted by Gasteiger charge is 2.09. The zero-order chi connectivity index (χ0) is 14.4. The smallest absolute Gasteiger partial charge is 0.150 e. The van der Waals surface area contributed by atoms with Gasteiger partial charge < -0.3 is 4.98 Å². The van der Waals surface area contributed by atoms with Crippen LogP contribution in [0, 0.1) is 11.6 Å². The second kappa shape index (κ2) is 7.41. The number of benzene rings is 1. The van der Waals surface area contributed by atoms with Gasteiger partial charge in [-0.15, -0.1) is 0 Å². The van der Waals surface area contributed by atoms with Crippen molar-refractivity contribution in [3.63, 3.8) is 0 Å². The molecule has 1 nitrogen and oxygen atoms in total. The zero-order valence-electron chi connectivity index (χ0n) is 12.1. The van der Waals surface area contributed by atoms with E-state index in [9.17, 15) is 8.78 Å². The van der Waals surface area contributed by atoms with Gasteiger partial charge in [0.25, 0.3) is 0 Å². The van der Waals surface area contributed by atoms with Crippen molar-refractivity contribution in [1.29, 1.82) is 0 Å². The van der Waals surface area contributed by atoms with Crippen molar-refractivity contribution in [3.8, 4) is 0 Å². The van der Waals surface area contributed by atoms with E-state index in [1.54, 1.807) is 0 Å². The van der Waals surface area contributed by atoms with Gasteiger partial charge in [-0.05, 0) is 24.5 Å². The highest BCUT2D eigenvalue weighted by atomic mass is 19.1. The number of hydrogen-bond donors (Lipinski definition) is 1. The summed E-state index contributed by atoms with van der Waals surface area (Å²) in [6.45, 7) is 2.22. The molecule has 20 heavy (non-hydrogen) atoms. The molecule has 0 amide bonds. The molecule has 110 valence electrons. The first-order valence-electron chi connectivity index (χ1n) is 7.67. The fourth-order valence-electron chi connectivity index (χ4n) is 2.69. The summed E-state index contributed by atoms with van der Waals surface area (Å²) in [5, 5.41) is 0.688. The topological polar surface area (TPSA) is 15.8 Å². The average Bonchev–Trinajstić information content (AvgIpc) is 2.81. The van der Waals surface area contributed by atoms with Crippen LogP contribution in [0.5, 0.6) is 0 Å². The molecule has 0 bridgehead atoms. The molecule has 1 N–H and O–H groups in total. The van der Waals surface area contributed by atoms with E-state index in [-0.39, 0.29) is 0 Å². The zero-order valence-corrected chi connectivity index (χ0v) is 12.1. The monoisotopic (exact) mass is 279 g/mol. The molecule has 1 heterocycles. The minimum Gasteiger partial charge on any atom is -0.359 e. The molecule has 0 spiro atoms. The molecule has 0 atom stereocenters. The number of aromatic amines is 1. The van der Waals surface area contributed by atoms with Crippen LogP contribution in [-0.4, -0.2) is 4.98 Å². The van der Waals surface area contributed by atoms with E-state index in [0.29, 0.717) is 10.9 Å². The van der Waals surface area contributed by atoms with Crippen molar-refractivity contribution >= 4 is 10.9 Å². The van der Waals surface area contributed by atoms with Gasteiger partial charge in [-0.25, -0.2) is 8.78 Å². The van der Waals surface area contributed by atoms with Gasteiger partial charge in [-0.3, -0.25) is 0 Å². The number of hydrogen-bond acceptors (Lipinski definition) is 0. The SMILES string of the molecule is CCCCCCCCCc1c[nH]c2c(F)cc(F)cc12. The molecule has 0 aliphatic rings. The number of unbranched alkanes of at least 4 members (excludes halogenated alkanes) is 6. The third kappa shape index (κ3) is 3.81. The number of aromatic nitrogens is 1. The Morgan fingerprint density at radius 3 is 2.40 bits per heavy atom. The first-order valence-corrected chi connectivity index (χ1v) is 7.67. The van der Waals surface area contributed by atoms with Gasteiger partial charge in [0.1, 0.15) is 11.6 Å². The third-order valence-corrected chi connectivity index (χ3v) is 3.84. The molecule has 0 fully saturated rings. The van der Waals surface area contributed by atoms with Gasteiger partial charge in [-0.1, -0.05) is 45.4 Å². The number of H-pyrrole nitrogens is 1. The fourth-order valence-corrected chi connectivity index (χ4v) is 2.69. The van der Waals surface area contributed by atoms with Crippen molar-refractivity contribution in [2.45, 2.75) is 58.3 Å². The van der Waals surface area contributed by atoms with Gasteiger partial charge in [0.15, 0.2) is 0 Å².